The predicted octanol–water partition coefficient (Wildman–Crippen LogP) is 5.56. The second kappa shape index (κ2) is 5.91. The van der Waals surface area contributed by atoms with E-state index in [0.717, 1.165) is 18.3 Å². The van der Waals surface area contributed by atoms with Crippen LogP contribution in [0.15, 0.2) is 11.5 Å². The first-order valence-corrected chi connectivity index (χ1v) is 9.64. The van der Waals surface area contributed by atoms with Crippen molar-refractivity contribution in [1.29, 1.82) is 0 Å². The highest BCUT2D eigenvalue weighted by Crippen LogP contribution is 2.45. The molecular weight excluding hydrogens is 283 g/mol. The molecule has 1 atom stereocenters. The molecule has 0 amide bonds. The predicted molar refractivity (Wildman–Crippen MR) is 97.2 cm³/mol. The Morgan fingerprint density at radius 1 is 0.870 bits per heavy atom. The summed E-state index contributed by atoms with van der Waals surface area (Å²) in [6.45, 7) is 13.4. The van der Waals surface area contributed by atoms with Gasteiger partial charge in [0.2, 0.25) is 0 Å². The number of allylic oxidation sites excluding steroid dienone is 2. The maximum Gasteiger partial charge on any atom is 0.490 e. The fourth-order valence-electron chi connectivity index (χ4n) is 4.40. The van der Waals surface area contributed by atoms with E-state index in [0.29, 0.717) is 5.41 Å². The van der Waals surface area contributed by atoms with E-state index in [4.69, 9.17) is 9.31 Å². The van der Waals surface area contributed by atoms with Crippen LogP contribution in [0.5, 0.6) is 0 Å². The molecule has 2 aliphatic carbocycles. The molecule has 3 aliphatic rings. The zero-order chi connectivity index (χ0) is 16.9. The van der Waals surface area contributed by atoms with Gasteiger partial charge in [-0.2, -0.15) is 0 Å². The molecule has 23 heavy (non-hydrogen) atoms. The summed E-state index contributed by atoms with van der Waals surface area (Å²) in [6.07, 6.45) is 11.8. The van der Waals surface area contributed by atoms with Crippen LogP contribution < -0.4 is 0 Å². The molecule has 0 aromatic rings. The third kappa shape index (κ3) is 3.56. The van der Waals surface area contributed by atoms with Gasteiger partial charge in [0.15, 0.2) is 0 Å². The Labute approximate surface area is 143 Å². The quantitative estimate of drug-likeness (QED) is 0.621. The lowest BCUT2D eigenvalue weighted by Gasteiger charge is -2.39. The largest absolute Gasteiger partial charge is 0.490 e. The van der Waals surface area contributed by atoms with Crippen LogP contribution >= 0.6 is 0 Å². The van der Waals surface area contributed by atoms with Gasteiger partial charge in [0.05, 0.1) is 11.2 Å². The third-order valence-corrected chi connectivity index (χ3v) is 7.09. The fraction of sp³-hybridized carbons (Fsp3) is 0.900. The zero-order valence-electron chi connectivity index (χ0n) is 16.1. The van der Waals surface area contributed by atoms with Gasteiger partial charge in [0, 0.05) is 0 Å². The van der Waals surface area contributed by atoms with Crippen molar-refractivity contribution in [2.75, 3.05) is 0 Å². The lowest BCUT2D eigenvalue weighted by Crippen LogP contribution is -2.41. The molecule has 1 aliphatic heterocycles. The van der Waals surface area contributed by atoms with Crippen molar-refractivity contribution in [1.82, 2.24) is 0 Å². The van der Waals surface area contributed by atoms with Crippen LogP contribution in [0.2, 0.25) is 0 Å². The van der Waals surface area contributed by atoms with Crippen molar-refractivity contribution in [3.8, 4) is 0 Å². The SMILES string of the molecule is CC1(C)CCC(C2CC=C(B3OC(C)(C)C(C)(C)O3)CC2)CC1. The number of hydrogen-bond acceptors (Lipinski definition) is 2. The highest BCUT2D eigenvalue weighted by Gasteiger charge is 2.52. The molecule has 0 aromatic heterocycles. The molecule has 0 spiro atoms. The van der Waals surface area contributed by atoms with Crippen LogP contribution in [-0.2, 0) is 9.31 Å². The zero-order valence-corrected chi connectivity index (χ0v) is 16.1. The van der Waals surface area contributed by atoms with Crippen LogP contribution in [0.1, 0.15) is 86.5 Å². The first kappa shape index (κ1) is 17.5. The molecule has 0 radical (unpaired) electrons. The van der Waals surface area contributed by atoms with Gasteiger partial charge in [-0.05, 0) is 95.4 Å². The monoisotopic (exact) mass is 318 g/mol. The maximum atomic E-state index is 6.22. The van der Waals surface area contributed by atoms with E-state index in [1.165, 1.54) is 44.0 Å². The highest BCUT2D eigenvalue weighted by atomic mass is 16.7. The van der Waals surface area contributed by atoms with E-state index < -0.39 is 0 Å². The smallest absolute Gasteiger partial charge is 0.400 e. The van der Waals surface area contributed by atoms with Gasteiger partial charge >= 0.3 is 7.12 Å². The summed E-state index contributed by atoms with van der Waals surface area (Å²) < 4.78 is 12.4. The Hall–Kier alpha value is -0.275. The Bertz CT molecular complexity index is 452. The van der Waals surface area contributed by atoms with Crippen molar-refractivity contribution < 1.29 is 9.31 Å². The van der Waals surface area contributed by atoms with Gasteiger partial charge in [-0.15, -0.1) is 0 Å². The van der Waals surface area contributed by atoms with Crippen LogP contribution in [0.4, 0.5) is 0 Å². The van der Waals surface area contributed by atoms with Gasteiger partial charge in [0.25, 0.3) is 0 Å². The van der Waals surface area contributed by atoms with Crippen molar-refractivity contribution in [3.63, 3.8) is 0 Å². The lowest BCUT2D eigenvalue weighted by molar-refractivity contribution is 0.00578. The summed E-state index contributed by atoms with van der Waals surface area (Å²) in [7, 11) is -0.119. The number of hydrogen-bond donors (Lipinski definition) is 0. The average molecular weight is 318 g/mol. The summed E-state index contributed by atoms with van der Waals surface area (Å²) in [5, 5.41) is 0. The van der Waals surface area contributed by atoms with E-state index in [9.17, 15) is 0 Å². The second-order valence-electron chi connectivity index (χ2n) is 9.90. The van der Waals surface area contributed by atoms with Crippen LogP contribution in [0.25, 0.3) is 0 Å². The lowest BCUT2D eigenvalue weighted by atomic mass is 9.64. The summed E-state index contributed by atoms with van der Waals surface area (Å²) in [5.41, 5.74) is 1.53. The van der Waals surface area contributed by atoms with E-state index in [2.05, 4.69) is 47.6 Å². The standard InChI is InChI=1S/C20H35BO2/c1-18(2)13-11-16(12-14-18)15-7-9-17(10-8-15)21-22-19(3,4)20(5,6)23-21/h9,15-16H,7-8,10-14H2,1-6H3. The van der Waals surface area contributed by atoms with Crippen molar-refractivity contribution in [2.24, 2.45) is 17.3 Å². The van der Waals surface area contributed by atoms with Crippen LogP contribution in [0.3, 0.4) is 0 Å². The molecule has 1 unspecified atom stereocenters. The molecule has 0 aromatic carbocycles. The van der Waals surface area contributed by atoms with Gasteiger partial charge < -0.3 is 9.31 Å². The fourth-order valence-corrected chi connectivity index (χ4v) is 4.40. The van der Waals surface area contributed by atoms with E-state index in [1.54, 1.807) is 0 Å². The summed E-state index contributed by atoms with van der Waals surface area (Å²) in [4.78, 5) is 0. The van der Waals surface area contributed by atoms with Gasteiger partial charge in [-0.3, -0.25) is 0 Å². The Morgan fingerprint density at radius 2 is 1.43 bits per heavy atom. The molecule has 3 heteroatoms. The minimum atomic E-state index is -0.218. The van der Waals surface area contributed by atoms with Crippen molar-refractivity contribution in [2.45, 2.75) is 97.7 Å². The summed E-state index contributed by atoms with van der Waals surface area (Å²) in [5.74, 6) is 1.83. The average Bonchev–Trinajstić information content (AvgIpc) is 2.68. The van der Waals surface area contributed by atoms with Gasteiger partial charge in [-0.25, -0.2) is 0 Å². The summed E-state index contributed by atoms with van der Waals surface area (Å²) >= 11 is 0. The Morgan fingerprint density at radius 3 is 1.91 bits per heavy atom. The molecular formula is C20H35BO2. The first-order valence-electron chi connectivity index (χ1n) is 9.64. The molecule has 2 fully saturated rings. The molecule has 1 heterocycles. The van der Waals surface area contributed by atoms with Gasteiger partial charge in [-0.1, -0.05) is 19.9 Å². The minimum Gasteiger partial charge on any atom is -0.400 e. The highest BCUT2D eigenvalue weighted by molar-refractivity contribution is 6.54. The molecule has 1 saturated heterocycles. The van der Waals surface area contributed by atoms with Gasteiger partial charge in [0.1, 0.15) is 0 Å². The van der Waals surface area contributed by atoms with Crippen molar-refractivity contribution >= 4 is 7.12 Å². The van der Waals surface area contributed by atoms with Crippen LogP contribution in [0, 0.1) is 17.3 Å². The Kier molecular flexibility index (Phi) is 4.51. The van der Waals surface area contributed by atoms with Crippen molar-refractivity contribution in [3.05, 3.63) is 11.5 Å². The molecule has 130 valence electrons. The topological polar surface area (TPSA) is 18.5 Å². The minimum absolute atomic E-state index is 0.119. The molecule has 1 saturated carbocycles. The molecule has 0 N–H and O–H groups in total. The molecule has 2 nitrogen and oxygen atoms in total. The Balaban J connectivity index is 1.57. The van der Waals surface area contributed by atoms with E-state index >= 15 is 0 Å². The van der Waals surface area contributed by atoms with Crippen LogP contribution in [-0.4, -0.2) is 18.3 Å². The summed E-state index contributed by atoms with van der Waals surface area (Å²) in [6, 6.07) is 0. The van der Waals surface area contributed by atoms with E-state index in [1.807, 2.05) is 0 Å². The third-order valence-electron chi connectivity index (χ3n) is 7.09. The van der Waals surface area contributed by atoms with E-state index in [-0.39, 0.29) is 18.3 Å². The first-order chi connectivity index (χ1) is 10.6. The normalized spacial score (nSPS) is 33.6. The molecule has 0 bridgehead atoms. The second-order valence-corrected chi connectivity index (χ2v) is 9.90. The molecule has 3 rings (SSSR count). The number of rotatable bonds is 2. The maximum absolute atomic E-state index is 6.22.